The van der Waals surface area contributed by atoms with Crippen molar-refractivity contribution in [1.29, 1.82) is 0 Å². The molecule has 0 radical (unpaired) electrons. The second-order valence-electron chi connectivity index (χ2n) is 3.03. The molecule has 0 aliphatic rings. The van der Waals surface area contributed by atoms with Gasteiger partial charge < -0.3 is 0 Å². The summed E-state index contributed by atoms with van der Waals surface area (Å²) in [5.74, 6) is 0.171. The number of carbonyl (C=O) groups is 1. The molecule has 0 atom stereocenters. The van der Waals surface area contributed by atoms with Gasteiger partial charge in [0.15, 0.2) is 11.6 Å². The molecular formula is C10H8ClN3O. The van der Waals surface area contributed by atoms with E-state index in [2.05, 4.69) is 10.1 Å². The van der Waals surface area contributed by atoms with Gasteiger partial charge in [0.05, 0.1) is 5.69 Å². The van der Waals surface area contributed by atoms with Gasteiger partial charge in [-0.05, 0) is 18.2 Å². The number of nitrogens with zero attached hydrogens (tertiary/aromatic N) is 3. The zero-order valence-corrected chi connectivity index (χ0v) is 8.77. The van der Waals surface area contributed by atoms with Crippen LogP contribution in [0, 0.1) is 0 Å². The average Bonchev–Trinajstić information content (AvgIpc) is 2.65. The fourth-order valence-corrected chi connectivity index (χ4v) is 1.46. The van der Waals surface area contributed by atoms with Crippen LogP contribution in [-0.2, 0) is 0 Å². The predicted octanol–water partition coefficient (Wildman–Crippen LogP) is 2.12. The van der Waals surface area contributed by atoms with Gasteiger partial charge in [0.1, 0.15) is 6.33 Å². The number of benzene rings is 1. The predicted molar refractivity (Wildman–Crippen MR) is 56.4 cm³/mol. The largest absolute Gasteiger partial charge is 0.291 e. The maximum absolute atomic E-state index is 11.2. The Hall–Kier alpha value is -1.68. The normalized spacial score (nSPS) is 10.3. The monoisotopic (exact) mass is 221 g/mol. The van der Waals surface area contributed by atoms with Crippen LogP contribution >= 0.6 is 11.6 Å². The summed E-state index contributed by atoms with van der Waals surface area (Å²) in [4.78, 5) is 15.1. The van der Waals surface area contributed by atoms with E-state index in [1.54, 1.807) is 18.2 Å². The van der Waals surface area contributed by atoms with E-state index in [4.69, 9.17) is 11.6 Å². The van der Waals surface area contributed by atoms with Crippen molar-refractivity contribution in [1.82, 2.24) is 14.8 Å². The highest BCUT2D eigenvalue weighted by Crippen LogP contribution is 2.15. The molecule has 0 amide bonds. The van der Waals surface area contributed by atoms with Gasteiger partial charge in [-0.25, -0.2) is 9.67 Å². The SMILES string of the molecule is CC(=O)c1ncnn1-c1cccc(Cl)c1. The number of ketones is 1. The molecule has 0 aliphatic carbocycles. The number of aromatic nitrogens is 3. The van der Waals surface area contributed by atoms with Gasteiger partial charge in [-0.1, -0.05) is 17.7 Å². The van der Waals surface area contributed by atoms with Gasteiger partial charge in [-0.3, -0.25) is 4.79 Å². The van der Waals surface area contributed by atoms with Crippen LogP contribution in [0.3, 0.4) is 0 Å². The Morgan fingerprint density at radius 1 is 1.47 bits per heavy atom. The Kier molecular flexibility index (Phi) is 2.51. The molecule has 4 nitrogen and oxygen atoms in total. The lowest BCUT2D eigenvalue weighted by Gasteiger charge is -2.03. The number of halogens is 1. The molecule has 2 rings (SSSR count). The van der Waals surface area contributed by atoms with Gasteiger partial charge in [0.2, 0.25) is 0 Å². The Morgan fingerprint density at radius 2 is 2.27 bits per heavy atom. The zero-order valence-electron chi connectivity index (χ0n) is 8.01. The average molecular weight is 222 g/mol. The molecule has 0 unspecified atom stereocenters. The van der Waals surface area contributed by atoms with Crippen LogP contribution in [-0.4, -0.2) is 20.5 Å². The fourth-order valence-electron chi connectivity index (χ4n) is 1.28. The summed E-state index contributed by atoms with van der Waals surface area (Å²) in [7, 11) is 0. The number of rotatable bonds is 2. The van der Waals surface area contributed by atoms with Crippen LogP contribution in [0.25, 0.3) is 5.69 Å². The van der Waals surface area contributed by atoms with Gasteiger partial charge in [-0.2, -0.15) is 5.10 Å². The molecule has 15 heavy (non-hydrogen) atoms. The van der Waals surface area contributed by atoms with Crippen molar-refractivity contribution >= 4 is 17.4 Å². The van der Waals surface area contributed by atoms with Crippen LogP contribution in [0.2, 0.25) is 5.02 Å². The third-order valence-electron chi connectivity index (χ3n) is 1.92. The topological polar surface area (TPSA) is 47.8 Å². The summed E-state index contributed by atoms with van der Waals surface area (Å²) in [6.07, 6.45) is 1.34. The summed E-state index contributed by atoms with van der Waals surface area (Å²) >= 11 is 5.85. The van der Waals surface area contributed by atoms with Crippen LogP contribution in [0.1, 0.15) is 17.5 Å². The molecule has 0 aliphatic heterocycles. The highest BCUT2D eigenvalue weighted by molar-refractivity contribution is 6.30. The first-order valence-electron chi connectivity index (χ1n) is 4.35. The van der Waals surface area contributed by atoms with E-state index in [1.165, 1.54) is 17.9 Å². The van der Waals surface area contributed by atoms with E-state index in [-0.39, 0.29) is 5.78 Å². The highest BCUT2D eigenvalue weighted by Gasteiger charge is 2.10. The molecule has 2 aromatic rings. The van der Waals surface area contributed by atoms with Crippen molar-refractivity contribution in [2.24, 2.45) is 0 Å². The molecule has 1 heterocycles. The summed E-state index contributed by atoms with van der Waals surface area (Å²) in [5.41, 5.74) is 0.727. The maximum atomic E-state index is 11.2. The van der Waals surface area contributed by atoms with E-state index in [9.17, 15) is 4.79 Å². The second kappa shape index (κ2) is 3.82. The second-order valence-corrected chi connectivity index (χ2v) is 3.47. The summed E-state index contributed by atoms with van der Waals surface area (Å²) in [6.45, 7) is 1.45. The molecule has 0 saturated heterocycles. The molecule has 0 N–H and O–H groups in total. The van der Waals surface area contributed by atoms with Crippen molar-refractivity contribution in [3.8, 4) is 5.69 Å². The molecule has 0 bridgehead atoms. The number of hydrogen-bond acceptors (Lipinski definition) is 3. The lowest BCUT2D eigenvalue weighted by atomic mass is 10.3. The van der Waals surface area contributed by atoms with E-state index in [0.717, 1.165) is 5.69 Å². The van der Waals surface area contributed by atoms with Crippen molar-refractivity contribution in [2.75, 3.05) is 0 Å². The van der Waals surface area contributed by atoms with Crippen molar-refractivity contribution in [3.05, 3.63) is 41.4 Å². The van der Waals surface area contributed by atoms with E-state index in [1.807, 2.05) is 6.07 Å². The third-order valence-corrected chi connectivity index (χ3v) is 2.15. The molecule has 1 aromatic carbocycles. The standard InChI is InChI=1S/C10H8ClN3O/c1-7(15)10-12-6-13-14(10)9-4-2-3-8(11)5-9/h2-6H,1H3. The molecule has 76 valence electrons. The third kappa shape index (κ3) is 1.89. The Bertz CT molecular complexity index is 507. The van der Waals surface area contributed by atoms with Gasteiger partial charge in [0.25, 0.3) is 0 Å². The molecule has 0 fully saturated rings. The summed E-state index contributed by atoms with van der Waals surface area (Å²) in [5, 5.41) is 4.57. The first-order chi connectivity index (χ1) is 7.18. The minimum absolute atomic E-state index is 0.132. The summed E-state index contributed by atoms with van der Waals surface area (Å²) < 4.78 is 1.47. The van der Waals surface area contributed by atoms with E-state index in [0.29, 0.717) is 10.8 Å². The van der Waals surface area contributed by atoms with Crippen LogP contribution in [0.15, 0.2) is 30.6 Å². The first kappa shape index (κ1) is 9.86. The Morgan fingerprint density at radius 3 is 2.93 bits per heavy atom. The minimum atomic E-state index is -0.132. The Balaban J connectivity index is 2.54. The first-order valence-corrected chi connectivity index (χ1v) is 4.73. The van der Waals surface area contributed by atoms with E-state index >= 15 is 0 Å². The van der Waals surface area contributed by atoms with Crippen molar-refractivity contribution in [2.45, 2.75) is 6.92 Å². The highest BCUT2D eigenvalue weighted by atomic mass is 35.5. The lowest BCUT2D eigenvalue weighted by molar-refractivity contribution is 0.100. The molecule has 1 aromatic heterocycles. The molecule has 0 spiro atoms. The summed E-state index contributed by atoms with van der Waals surface area (Å²) in [6, 6.07) is 7.09. The molecule has 5 heteroatoms. The Labute approximate surface area is 91.5 Å². The zero-order chi connectivity index (χ0) is 10.8. The van der Waals surface area contributed by atoms with E-state index < -0.39 is 0 Å². The van der Waals surface area contributed by atoms with Crippen molar-refractivity contribution in [3.63, 3.8) is 0 Å². The van der Waals surface area contributed by atoms with Crippen molar-refractivity contribution < 1.29 is 4.79 Å². The number of carbonyl (C=O) groups excluding carboxylic acids is 1. The smallest absolute Gasteiger partial charge is 0.199 e. The number of hydrogen-bond donors (Lipinski definition) is 0. The molecular weight excluding hydrogens is 214 g/mol. The lowest BCUT2D eigenvalue weighted by Crippen LogP contribution is -2.07. The van der Waals surface area contributed by atoms with Gasteiger partial charge in [0, 0.05) is 11.9 Å². The number of Topliss-reactive ketones (excluding diaryl/α,β-unsaturated/α-hetero) is 1. The van der Waals surface area contributed by atoms with Crippen LogP contribution in [0.5, 0.6) is 0 Å². The minimum Gasteiger partial charge on any atom is -0.291 e. The van der Waals surface area contributed by atoms with Crippen LogP contribution in [0.4, 0.5) is 0 Å². The van der Waals surface area contributed by atoms with Crippen LogP contribution < -0.4 is 0 Å². The van der Waals surface area contributed by atoms with Gasteiger partial charge in [-0.15, -0.1) is 0 Å². The maximum Gasteiger partial charge on any atom is 0.199 e. The molecule has 0 saturated carbocycles. The quantitative estimate of drug-likeness (QED) is 0.730. The fraction of sp³-hybridized carbons (Fsp3) is 0.100. The van der Waals surface area contributed by atoms with Gasteiger partial charge >= 0.3 is 0 Å².